The van der Waals surface area contributed by atoms with E-state index in [1.807, 2.05) is 25.1 Å². The Bertz CT molecular complexity index is 1170. The highest BCUT2D eigenvalue weighted by Crippen LogP contribution is 2.28. The van der Waals surface area contributed by atoms with Crippen LogP contribution in [0.15, 0.2) is 64.6 Å². The summed E-state index contributed by atoms with van der Waals surface area (Å²) in [7, 11) is 0. The number of carbonyl (C=O) groups is 2. The van der Waals surface area contributed by atoms with E-state index >= 15 is 0 Å². The molecule has 0 aliphatic carbocycles. The van der Waals surface area contributed by atoms with Gasteiger partial charge in [0.05, 0.1) is 5.56 Å². The number of nitrogens with one attached hydrogen (secondary N) is 1. The quantitative estimate of drug-likeness (QED) is 0.484. The van der Waals surface area contributed by atoms with Gasteiger partial charge in [-0.15, -0.1) is 0 Å². The van der Waals surface area contributed by atoms with Crippen LogP contribution in [0.2, 0.25) is 0 Å². The molecule has 0 atom stereocenters. The second-order valence-corrected chi connectivity index (χ2v) is 6.42. The molecule has 0 aliphatic rings. The molecule has 0 bridgehead atoms. The molecule has 1 heterocycles. The van der Waals surface area contributed by atoms with Crippen molar-refractivity contribution in [1.82, 2.24) is 0 Å². The van der Waals surface area contributed by atoms with E-state index in [0.29, 0.717) is 28.3 Å². The van der Waals surface area contributed by atoms with Crippen LogP contribution < -0.4 is 5.32 Å². The Kier molecular flexibility index (Phi) is 5.61. The molecule has 0 radical (unpaired) electrons. The molecular weight excluding hydrogens is 368 g/mol. The van der Waals surface area contributed by atoms with E-state index in [1.54, 1.807) is 43.3 Å². The van der Waals surface area contributed by atoms with Crippen LogP contribution in [0.1, 0.15) is 27.2 Å². The molecule has 1 amide bonds. The third-order valence-electron chi connectivity index (χ3n) is 4.50. The van der Waals surface area contributed by atoms with E-state index in [4.69, 9.17) is 4.42 Å². The third-order valence-corrected chi connectivity index (χ3v) is 4.50. The number of rotatable bonds is 5. The average molecular weight is 386 g/mol. The molecule has 0 aliphatic heterocycles. The number of carboxylic acids is 1. The number of para-hydroxylation sites is 1. The zero-order chi connectivity index (χ0) is 21.0. The standard InChI is InChI=1S/C23H18N2O4/c1-14-6-3-4-9-20(14)25-22(26)16(13-24)12-17-10-11-21(29-17)18-7-5-8-19(15(18)2)23(27)28/h3-12H,1-2H3,(H,25,26)(H,27,28)/b16-12-. The first-order valence-corrected chi connectivity index (χ1v) is 8.82. The fourth-order valence-corrected chi connectivity index (χ4v) is 2.90. The number of hydrogen-bond acceptors (Lipinski definition) is 4. The topological polar surface area (TPSA) is 103 Å². The van der Waals surface area contributed by atoms with Crippen molar-refractivity contribution in [2.45, 2.75) is 13.8 Å². The number of hydrogen-bond donors (Lipinski definition) is 2. The van der Waals surface area contributed by atoms with E-state index in [9.17, 15) is 20.0 Å². The lowest BCUT2D eigenvalue weighted by molar-refractivity contribution is -0.112. The van der Waals surface area contributed by atoms with Crippen molar-refractivity contribution in [3.63, 3.8) is 0 Å². The summed E-state index contributed by atoms with van der Waals surface area (Å²) in [6.45, 7) is 3.56. The van der Waals surface area contributed by atoms with Crippen LogP contribution in [-0.4, -0.2) is 17.0 Å². The van der Waals surface area contributed by atoms with Crippen molar-refractivity contribution in [3.8, 4) is 17.4 Å². The summed E-state index contributed by atoms with van der Waals surface area (Å²) >= 11 is 0. The van der Waals surface area contributed by atoms with Crippen molar-refractivity contribution < 1.29 is 19.1 Å². The van der Waals surface area contributed by atoms with Gasteiger partial charge in [0.1, 0.15) is 23.2 Å². The van der Waals surface area contributed by atoms with E-state index < -0.39 is 11.9 Å². The number of carbonyl (C=O) groups excluding carboxylic acids is 1. The molecule has 29 heavy (non-hydrogen) atoms. The zero-order valence-corrected chi connectivity index (χ0v) is 15.9. The van der Waals surface area contributed by atoms with Crippen LogP contribution in [0.4, 0.5) is 5.69 Å². The number of benzene rings is 2. The normalized spacial score (nSPS) is 11.0. The molecular formula is C23H18N2O4. The zero-order valence-electron chi connectivity index (χ0n) is 15.9. The molecule has 0 fully saturated rings. The molecule has 2 N–H and O–H groups in total. The molecule has 2 aromatic carbocycles. The number of anilines is 1. The second kappa shape index (κ2) is 8.28. The van der Waals surface area contributed by atoms with Crippen LogP contribution in [0.5, 0.6) is 0 Å². The van der Waals surface area contributed by atoms with Crippen LogP contribution >= 0.6 is 0 Å². The highest BCUT2D eigenvalue weighted by molar-refractivity contribution is 6.09. The van der Waals surface area contributed by atoms with Gasteiger partial charge in [-0.05, 0) is 49.2 Å². The highest BCUT2D eigenvalue weighted by atomic mass is 16.4. The summed E-state index contributed by atoms with van der Waals surface area (Å²) < 4.78 is 5.74. The summed E-state index contributed by atoms with van der Waals surface area (Å²) in [4.78, 5) is 23.8. The summed E-state index contributed by atoms with van der Waals surface area (Å²) in [5.41, 5.74) is 2.79. The van der Waals surface area contributed by atoms with Gasteiger partial charge in [-0.3, -0.25) is 4.79 Å². The maximum absolute atomic E-state index is 12.4. The Morgan fingerprint density at radius 2 is 1.83 bits per heavy atom. The molecule has 3 aromatic rings. The minimum absolute atomic E-state index is 0.106. The Morgan fingerprint density at radius 3 is 2.52 bits per heavy atom. The molecule has 1 aromatic heterocycles. The number of nitriles is 1. The number of furan rings is 1. The maximum atomic E-state index is 12.4. The van der Waals surface area contributed by atoms with Gasteiger partial charge in [0.2, 0.25) is 0 Å². The molecule has 6 nitrogen and oxygen atoms in total. The fourth-order valence-electron chi connectivity index (χ4n) is 2.90. The van der Waals surface area contributed by atoms with Crippen molar-refractivity contribution >= 4 is 23.6 Å². The maximum Gasteiger partial charge on any atom is 0.335 e. The largest absolute Gasteiger partial charge is 0.478 e. The number of carboxylic acid groups (broad SMARTS) is 1. The van der Waals surface area contributed by atoms with Crippen LogP contribution in [0.25, 0.3) is 17.4 Å². The summed E-state index contributed by atoms with van der Waals surface area (Å²) in [5.74, 6) is -0.787. The van der Waals surface area contributed by atoms with E-state index in [2.05, 4.69) is 5.32 Å². The summed E-state index contributed by atoms with van der Waals surface area (Å²) in [5, 5.41) is 21.4. The van der Waals surface area contributed by atoms with E-state index in [-0.39, 0.29) is 11.1 Å². The van der Waals surface area contributed by atoms with E-state index in [1.165, 1.54) is 12.1 Å². The number of amides is 1. The summed E-state index contributed by atoms with van der Waals surface area (Å²) in [6.07, 6.45) is 1.35. The van der Waals surface area contributed by atoms with Gasteiger partial charge in [0.25, 0.3) is 5.91 Å². The van der Waals surface area contributed by atoms with Crippen molar-refractivity contribution in [2.75, 3.05) is 5.32 Å². The fraction of sp³-hybridized carbons (Fsp3) is 0.0870. The Labute approximate surface area is 167 Å². The van der Waals surface area contributed by atoms with Crippen LogP contribution in [0.3, 0.4) is 0 Å². The molecule has 0 spiro atoms. The Hall–Kier alpha value is -4.11. The van der Waals surface area contributed by atoms with Gasteiger partial charge in [-0.25, -0.2) is 4.79 Å². The SMILES string of the molecule is Cc1ccccc1NC(=O)/C(C#N)=C\c1ccc(-c2cccc(C(=O)O)c2C)o1. The number of aromatic carboxylic acids is 1. The van der Waals surface area contributed by atoms with Crippen LogP contribution in [0, 0.1) is 25.2 Å². The first-order chi connectivity index (χ1) is 13.9. The lowest BCUT2D eigenvalue weighted by Gasteiger charge is -2.07. The molecule has 0 unspecified atom stereocenters. The van der Waals surface area contributed by atoms with Gasteiger partial charge in [-0.1, -0.05) is 30.3 Å². The van der Waals surface area contributed by atoms with Gasteiger partial charge < -0.3 is 14.8 Å². The Morgan fingerprint density at radius 1 is 1.07 bits per heavy atom. The lowest BCUT2D eigenvalue weighted by Crippen LogP contribution is -2.14. The predicted octanol–water partition coefficient (Wildman–Crippen LogP) is 4.81. The van der Waals surface area contributed by atoms with Crippen molar-refractivity contribution in [2.24, 2.45) is 0 Å². The molecule has 144 valence electrons. The van der Waals surface area contributed by atoms with Crippen LogP contribution in [-0.2, 0) is 4.79 Å². The third kappa shape index (κ3) is 4.25. The lowest BCUT2D eigenvalue weighted by atomic mass is 10.0. The summed E-state index contributed by atoms with van der Waals surface area (Å²) in [6, 6.07) is 17.4. The predicted molar refractivity (Wildman–Crippen MR) is 109 cm³/mol. The van der Waals surface area contributed by atoms with Crippen molar-refractivity contribution in [1.29, 1.82) is 5.26 Å². The molecule has 3 rings (SSSR count). The van der Waals surface area contributed by atoms with Crippen molar-refractivity contribution in [3.05, 3.63) is 82.6 Å². The smallest absolute Gasteiger partial charge is 0.335 e. The van der Waals surface area contributed by atoms with E-state index in [0.717, 1.165) is 5.56 Å². The second-order valence-electron chi connectivity index (χ2n) is 6.42. The monoisotopic (exact) mass is 386 g/mol. The molecule has 0 saturated heterocycles. The van der Waals surface area contributed by atoms with Gasteiger partial charge in [0.15, 0.2) is 0 Å². The number of nitrogens with zero attached hydrogens (tertiary/aromatic N) is 1. The van der Waals surface area contributed by atoms with Gasteiger partial charge in [0, 0.05) is 17.3 Å². The first-order valence-electron chi connectivity index (χ1n) is 8.82. The van der Waals surface area contributed by atoms with Gasteiger partial charge >= 0.3 is 5.97 Å². The first kappa shape index (κ1) is 19.6. The average Bonchev–Trinajstić information content (AvgIpc) is 3.16. The minimum atomic E-state index is -1.02. The highest BCUT2D eigenvalue weighted by Gasteiger charge is 2.15. The molecule has 0 saturated carbocycles. The minimum Gasteiger partial charge on any atom is -0.478 e. The van der Waals surface area contributed by atoms with Gasteiger partial charge in [-0.2, -0.15) is 5.26 Å². The number of aryl methyl sites for hydroxylation is 1. The molecule has 6 heteroatoms. The Balaban J connectivity index is 1.88.